The maximum atomic E-state index is 12.2. The summed E-state index contributed by atoms with van der Waals surface area (Å²) >= 11 is 0. The zero-order valence-corrected chi connectivity index (χ0v) is 12.7. The largest absolute Gasteiger partial charge is 0.370 e. The molecule has 1 aromatic rings. The van der Waals surface area contributed by atoms with Crippen LogP contribution < -0.4 is 10.0 Å². The molecule has 1 saturated carbocycles. The summed E-state index contributed by atoms with van der Waals surface area (Å²) in [6.07, 6.45) is 7.15. The molecule has 0 aromatic carbocycles. The van der Waals surface area contributed by atoms with Gasteiger partial charge in [0.2, 0.25) is 10.0 Å². The highest BCUT2D eigenvalue weighted by Crippen LogP contribution is 2.33. The standard InChI is InChI=1S/C14H23N3O2S/c1-2-8-15-14-11-13(7-10-16-14)20(18,19)17-9-3-4-12-5-6-12/h7,10-12,17H,2-6,8-9H2,1H3,(H,15,16). The molecule has 1 aliphatic carbocycles. The van der Waals surface area contributed by atoms with Gasteiger partial charge in [0.05, 0.1) is 4.90 Å². The van der Waals surface area contributed by atoms with E-state index in [-0.39, 0.29) is 4.90 Å². The average Bonchev–Trinajstić information content (AvgIpc) is 3.26. The number of rotatable bonds is 9. The van der Waals surface area contributed by atoms with E-state index in [0.717, 1.165) is 31.7 Å². The zero-order chi connectivity index (χ0) is 14.4. The Morgan fingerprint density at radius 2 is 2.15 bits per heavy atom. The van der Waals surface area contributed by atoms with Gasteiger partial charge in [-0.2, -0.15) is 0 Å². The summed E-state index contributed by atoms with van der Waals surface area (Å²) in [5.74, 6) is 1.44. The van der Waals surface area contributed by atoms with E-state index in [9.17, 15) is 8.42 Å². The Bertz CT molecular complexity index is 527. The molecular weight excluding hydrogens is 274 g/mol. The van der Waals surface area contributed by atoms with E-state index in [2.05, 4.69) is 21.9 Å². The van der Waals surface area contributed by atoms with E-state index in [4.69, 9.17) is 0 Å². The van der Waals surface area contributed by atoms with Gasteiger partial charge in [0, 0.05) is 25.4 Å². The van der Waals surface area contributed by atoms with Crippen molar-refractivity contribution in [3.05, 3.63) is 18.3 Å². The maximum absolute atomic E-state index is 12.2. The summed E-state index contributed by atoms with van der Waals surface area (Å²) in [5, 5.41) is 3.09. The monoisotopic (exact) mass is 297 g/mol. The molecule has 0 spiro atoms. The number of nitrogens with zero attached hydrogens (tertiary/aromatic N) is 1. The Labute approximate surface area is 121 Å². The van der Waals surface area contributed by atoms with Crippen LogP contribution in [-0.4, -0.2) is 26.5 Å². The molecule has 20 heavy (non-hydrogen) atoms. The van der Waals surface area contributed by atoms with Crippen molar-refractivity contribution in [2.75, 3.05) is 18.4 Å². The van der Waals surface area contributed by atoms with Gasteiger partial charge in [-0.1, -0.05) is 19.8 Å². The van der Waals surface area contributed by atoms with Crippen LogP contribution in [-0.2, 0) is 10.0 Å². The summed E-state index contributed by atoms with van der Waals surface area (Å²) in [6, 6.07) is 3.11. The first kappa shape index (κ1) is 15.3. The fourth-order valence-corrected chi connectivity index (χ4v) is 3.10. The molecule has 1 aromatic heterocycles. The highest BCUT2D eigenvalue weighted by Gasteiger charge is 2.21. The van der Waals surface area contributed by atoms with Crippen LogP contribution in [0.1, 0.15) is 39.0 Å². The molecule has 0 unspecified atom stereocenters. The molecule has 0 atom stereocenters. The van der Waals surface area contributed by atoms with E-state index in [1.807, 2.05) is 0 Å². The molecule has 1 fully saturated rings. The number of anilines is 1. The van der Waals surface area contributed by atoms with Gasteiger partial charge >= 0.3 is 0 Å². The number of hydrogen-bond donors (Lipinski definition) is 2. The van der Waals surface area contributed by atoms with Crippen molar-refractivity contribution in [2.24, 2.45) is 5.92 Å². The van der Waals surface area contributed by atoms with Crippen LogP contribution in [0.5, 0.6) is 0 Å². The average molecular weight is 297 g/mol. The summed E-state index contributed by atoms with van der Waals surface area (Å²) in [5.41, 5.74) is 0. The maximum Gasteiger partial charge on any atom is 0.240 e. The van der Waals surface area contributed by atoms with E-state index in [0.29, 0.717) is 12.4 Å². The van der Waals surface area contributed by atoms with Crippen LogP contribution in [0.15, 0.2) is 23.2 Å². The van der Waals surface area contributed by atoms with Crippen LogP contribution in [0.25, 0.3) is 0 Å². The van der Waals surface area contributed by atoms with Crippen LogP contribution in [0.3, 0.4) is 0 Å². The lowest BCUT2D eigenvalue weighted by atomic mass is 10.2. The SMILES string of the molecule is CCCNc1cc(S(=O)(=O)NCCCC2CC2)ccn1. The molecule has 6 heteroatoms. The van der Waals surface area contributed by atoms with Gasteiger partial charge in [0.25, 0.3) is 0 Å². The van der Waals surface area contributed by atoms with E-state index in [1.165, 1.54) is 25.1 Å². The number of hydrogen-bond acceptors (Lipinski definition) is 4. The zero-order valence-electron chi connectivity index (χ0n) is 11.9. The Balaban J connectivity index is 1.89. The number of pyridine rings is 1. The molecule has 1 aliphatic rings. The van der Waals surface area contributed by atoms with Crippen molar-refractivity contribution in [3.8, 4) is 0 Å². The van der Waals surface area contributed by atoms with E-state index in [1.54, 1.807) is 6.07 Å². The van der Waals surface area contributed by atoms with Crippen molar-refractivity contribution in [2.45, 2.75) is 43.9 Å². The summed E-state index contributed by atoms with van der Waals surface area (Å²) < 4.78 is 27.0. The summed E-state index contributed by atoms with van der Waals surface area (Å²) in [4.78, 5) is 4.39. The van der Waals surface area contributed by atoms with Gasteiger partial charge in [-0.05, 0) is 31.2 Å². The third kappa shape index (κ3) is 4.76. The molecule has 2 rings (SSSR count). The molecule has 2 N–H and O–H groups in total. The number of nitrogens with one attached hydrogen (secondary N) is 2. The fraction of sp³-hybridized carbons (Fsp3) is 0.643. The third-order valence-corrected chi connectivity index (χ3v) is 4.83. The Kier molecular flexibility index (Phi) is 5.37. The quantitative estimate of drug-likeness (QED) is 0.687. The van der Waals surface area contributed by atoms with Crippen molar-refractivity contribution >= 4 is 15.8 Å². The predicted molar refractivity (Wildman–Crippen MR) is 80.2 cm³/mol. The fourth-order valence-electron chi connectivity index (χ4n) is 2.02. The Morgan fingerprint density at radius 3 is 2.85 bits per heavy atom. The molecule has 0 radical (unpaired) electrons. The molecule has 1 heterocycles. The Hall–Kier alpha value is -1.14. The summed E-state index contributed by atoms with van der Waals surface area (Å²) in [6.45, 7) is 3.35. The van der Waals surface area contributed by atoms with Gasteiger partial charge in [-0.25, -0.2) is 18.1 Å². The summed E-state index contributed by atoms with van der Waals surface area (Å²) in [7, 11) is -3.42. The highest BCUT2D eigenvalue weighted by atomic mass is 32.2. The van der Waals surface area contributed by atoms with E-state index < -0.39 is 10.0 Å². The first-order valence-corrected chi connectivity index (χ1v) is 8.79. The molecule has 0 amide bonds. The first-order chi connectivity index (χ1) is 9.62. The third-order valence-electron chi connectivity index (χ3n) is 3.38. The molecule has 5 nitrogen and oxygen atoms in total. The predicted octanol–water partition coefficient (Wildman–Crippen LogP) is 2.37. The molecule has 0 aliphatic heterocycles. The lowest BCUT2D eigenvalue weighted by molar-refractivity contribution is 0.572. The second-order valence-electron chi connectivity index (χ2n) is 5.29. The van der Waals surface area contributed by atoms with Crippen LogP contribution in [0.2, 0.25) is 0 Å². The molecule has 0 bridgehead atoms. The second-order valence-corrected chi connectivity index (χ2v) is 7.05. The smallest absolute Gasteiger partial charge is 0.240 e. The van der Waals surface area contributed by atoms with Gasteiger partial charge in [0.15, 0.2) is 0 Å². The van der Waals surface area contributed by atoms with Crippen molar-refractivity contribution < 1.29 is 8.42 Å². The van der Waals surface area contributed by atoms with Crippen LogP contribution >= 0.6 is 0 Å². The lowest BCUT2D eigenvalue weighted by Crippen LogP contribution is -2.25. The van der Waals surface area contributed by atoms with Crippen molar-refractivity contribution in [1.82, 2.24) is 9.71 Å². The minimum absolute atomic E-state index is 0.275. The second kappa shape index (κ2) is 7.04. The number of aromatic nitrogens is 1. The van der Waals surface area contributed by atoms with Gasteiger partial charge in [-0.15, -0.1) is 0 Å². The molecule has 112 valence electrons. The van der Waals surface area contributed by atoms with Gasteiger partial charge in [0.1, 0.15) is 5.82 Å². The highest BCUT2D eigenvalue weighted by molar-refractivity contribution is 7.89. The van der Waals surface area contributed by atoms with Gasteiger partial charge in [-0.3, -0.25) is 0 Å². The van der Waals surface area contributed by atoms with Crippen LogP contribution in [0, 0.1) is 5.92 Å². The molecule has 0 saturated heterocycles. The van der Waals surface area contributed by atoms with E-state index >= 15 is 0 Å². The first-order valence-electron chi connectivity index (χ1n) is 7.31. The molecular formula is C14H23N3O2S. The van der Waals surface area contributed by atoms with Gasteiger partial charge < -0.3 is 5.32 Å². The minimum atomic E-state index is -3.42. The number of sulfonamides is 1. The lowest BCUT2D eigenvalue weighted by Gasteiger charge is -2.08. The van der Waals surface area contributed by atoms with Crippen molar-refractivity contribution in [3.63, 3.8) is 0 Å². The Morgan fingerprint density at radius 1 is 1.35 bits per heavy atom. The normalized spacial score (nSPS) is 15.2. The van der Waals surface area contributed by atoms with Crippen LogP contribution in [0.4, 0.5) is 5.82 Å². The topological polar surface area (TPSA) is 71.1 Å². The van der Waals surface area contributed by atoms with Crippen molar-refractivity contribution in [1.29, 1.82) is 0 Å². The minimum Gasteiger partial charge on any atom is -0.370 e.